The summed E-state index contributed by atoms with van der Waals surface area (Å²) < 4.78 is 0. The molecule has 0 aromatic heterocycles. The summed E-state index contributed by atoms with van der Waals surface area (Å²) in [5.41, 5.74) is 6.16. The number of para-hydroxylation sites is 1. The standard InChI is InChI=1S/C20H22N2/c1-15-9-11-16(12-10-15)21-14-13-19-20(2,3)17-7-5-6-8-18(17)22(19)4/h5-14H,1-4H3/b19-13-,21-14?. The van der Waals surface area contributed by atoms with Crippen LogP contribution in [-0.2, 0) is 5.41 Å². The van der Waals surface area contributed by atoms with Crippen molar-refractivity contribution in [2.24, 2.45) is 4.99 Å². The molecule has 2 nitrogen and oxygen atoms in total. The molecule has 1 aliphatic heterocycles. The number of anilines is 1. The van der Waals surface area contributed by atoms with Crippen molar-refractivity contribution in [1.29, 1.82) is 0 Å². The van der Waals surface area contributed by atoms with Crippen molar-refractivity contribution in [1.82, 2.24) is 0 Å². The van der Waals surface area contributed by atoms with Crippen molar-refractivity contribution in [2.45, 2.75) is 26.2 Å². The Morgan fingerprint density at radius 1 is 1.00 bits per heavy atom. The lowest BCUT2D eigenvalue weighted by atomic mass is 9.84. The van der Waals surface area contributed by atoms with Crippen LogP contribution in [-0.4, -0.2) is 13.3 Å². The van der Waals surface area contributed by atoms with Crippen LogP contribution < -0.4 is 4.90 Å². The fourth-order valence-corrected chi connectivity index (χ4v) is 3.13. The number of likely N-dealkylation sites (N-methyl/N-ethyl adjacent to an activating group) is 1. The van der Waals surface area contributed by atoms with E-state index in [1.54, 1.807) is 0 Å². The van der Waals surface area contributed by atoms with E-state index in [4.69, 9.17) is 0 Å². The second-order valence-electron chi connectivity index (χ2n) is 6.37. The highest BCUT2D eigenvalue weighted by molar-refractivity contribution is 5.80. The van der Waals surface area contributed by atoms with Gasteiger partial charge in [0, 0.05) is 30.1 Å². The molecule has 0 atom stereocenters. The van der Waals surface area contributed by atoms with Crippen molar-refractivity contribution in [3.63, 3.8) is 0 Å². The van der Waals surface area contributed by atoms with Gasteiger partial charge in [0.1, 0.15) is 0 Å². The number of allylic oxidation sites excluding steroid dienone is 2. The molecule has 0 radical (unpaired) electrons. The minimum Gasteiger partial charge on any atom is -0.347 e. The second-order valence-corrected chi connectivity index (χ2v) is 6.37. The van der Waals surface area contributed by atoms with Crippen LogP contribution in [0.3, 0.4) is 0 Å². The zero-order valence-electron chi connectivity index (χ0n) is 13.7. The van der Waals surface area contributed by atoms with Crippen molar-refractivity contribution in [2.75, 3.05) is 11.9 Å². The predicted molar refractivity (Wildman–Crippen MR) is 95.3 cm³/mol. The van der Waals surface area contributed by atoms with Crippen LogP contribution in [0.4, 0.5) is 11.4 Å². The van der Waals surface area contributed by atoms with Gasteiger partial charge in [0.15, 0.2) is 0 Å². The first kappa shape index (κ1) is 14.6. The molecule has 2 aromatic rings. The molecule has 22 heavy (non-hydrogen) atoms. The molecule has 0 spiro atoms. The predicted octanol–water partition coefficient (Wildman–Crippen LogP) is 5.01. The lowest BCUT2D eigenvalue weighted by Crippen LogP contribution is -2.22. The maximum absolute atomic E-state index is 4.55. The van der Waals surface area contributed by atoms with E-state index >= 15 is 0 Å². The van der Waals surface area contributed by atoms with Gasteiger partial charge in [-0.1, -0.05) is 49.7 Å². The Balaban J connectivity index is 1.90. The molecule has 0 bridgehead atoms. The molecule has 0 amide bonds. The smallest absolute Gasteiger partial charge is 0.0629 e. The zero-order valence-corrected chi connectivity index (χ0v) is 13.7. The van der Waals surface area contributed by atoms with Crippen molar-refractivity contribution >= 4 is 17.6 Å². The Labute approximate surface area is 132 Å². The molecular weight excluding hydrogens is 268 g/mol. The molecule has 2 heteroatoms. The molecule has 0 saturated heterocycles. The quantitative estimate of drug-likeness (QED) is 0.710. The van der Waals surface area contributed by atoms with E-state index in [-0.39, 0.29) is 5.41 Å². The molecule has 0 unspecified atom stereocenters. The van der Waals surface area contributed by atoms with Crippen LogP contribution in [0.2, 0.25) is 0 Å². The normalized spacial score (nSPS) is 18.2. The Morgan fingerprint density at radius 3 is 2.36 bits per heavy atom. The molecule has 112 valence electrons. The largest absolute Gasteiger partial charge is 0.347 e. The fourth-order valence-electron chi connectivity index (χ4n) is 3.13. The first-order valence-electron chi connectivity index (χ1n) is 7.65. The number of nitrogens with zero attached hydrogens (tertiary/aromatic N) is 2. The van der Waals surface area contributed by atoms with Crippen molar-refractivity contribution in [3.8, 4) is 0 Å². The Bertz CT molecular complexity index is 737. The third kappa shape index (κ3) is 2.45. The Morgan fingerprint density at radius 2 is 1.68 bits per heavy atom. The number of aliphatic imine (C=N–C) groups is 1. The van der Waals surface area contributed by atoms with Gasteiger partial charge >= 0.3 is 0 Å². The maximum atomic E-state index is 4.55. The fraction of sp³-hybridized carbons (Fsp3) is 0.250. The first-order chi connectivity index (χ1) is 10.5. The Hall–Kier alpha value is -2.35. The van der Waals surface area contributed by atoms with Crippen LogP contribution in [0.5, 0.6) is 0 Å². The van der Waals surface area contributed by atoms with Gasteiger partial charge in [-0.15, -0.1) is 0 Å². The lowest BCUT2D eigenvalue weighted by Gasteiger charge is -2.23. The van der Waals surface area contributed by atoms with Gasteiger partial charge in [0.25, 0.3) is 0 Å². The number of benzene rings is 2. The number of rotatable bonds is 2. The summed E-state index contributed by atoms with van der Waals surface area (Å²) in [7, 11) is 2.12. The van der Waals surface area contributed by atoms with E-state index in [1.807, 2.05) is 18.3 Å². The monoisotopic (exact) mass is 290 g/mol. The summed E-state index contributed by atoms with van der Waals surface area (Å²) in [5.74, 6) is 0. The number of fused-ring (bicyclic) bond motifs is 1. The van der Waals surface area contributed by atoms with E-state index < -0.39 is 0 Å². The molecule has 0 fully saturated rings. The number of aryl methyl sites for hydroxylation is 1. The molecular formula is C20H22N2. The molecule has 0 saturated carbocycles. The van der Waals surface area contributed by atoms with E-state index in [9.17, 15) is 0 Å². The lowest BCUT2D eigenvalue weighted by molar-refractivity contribution is 0.641. The van der Waals surface area contributed by atoms with Gasteiger partial charge in [-0.2, -0.15) is 0 Å². The van der Waals surface area contributed by atoms with E-state index in [0.29, 0.717) is 0 Å². The van der Waals surface area contributed by atoms with Crippen LogP contribution >= 0.6 is 0 Å². The summed E-state index contributed by atoms with van der Waals surface area (Å²) in [5, 5.41) is 0. The molecule has 3 rings (SSSR count). The van der Waals surface area contributed by atoms with Gasteiger partial charge in [-0.3, -0.25) is 4.99 Å². The number of hydrogen-bond acceptors (Lipinski definition) is 2. The van der Waals surface area contributed by atoms with Crippen molar-refractivity contribution in [3.05, 3.63) is 71.4 Å². The van der Waals surface area contributed by atoms with Crippen LogP contribution in [0.25, 0.3) is 0 Å². The maximum Gasteiger partial charge on any atom is 0.0629 e. The van der Waals surface area contributed by atoms with Gasteiger partial charge in [-0.25, -0.2) is 0 Å². The first-order valence-corrected chi connectivity index (χ1v) is 7.65. The molecule has 2 aromatic carbocycles. The molecule has 1 heterocycles. The van der Waals surface area contributed by atoms with Crippen molar-refractivity contribution < 1.29 is 0 Å². The average Bonchev–Trinajstić information content (AvgIpc) is 2.70. The summed E-state index contributed by atoms with van der Waals surface area (Å²) in [6.45, 7) is 6.62. The van der Waals surface area contributed by atoms with E-state index in [0.717, 1.165) is 5.69 Å². The van der Waals surface area contributed by atoms with Gasteiger partial charge < -0.3 is 4.90 Å². The highest BCUT2D eigenvalue weighted by Crippen LogP contribution is 2.46. The molecule has 1 aliphatic rings. The Kier molecular flexibility index (Phi) is 3.61. The highest BCUT2D eigenvalue weighted by atomic mass is 15.2. The summed E-state index contributed by atoms with van der Waals surface area (Å²) >= 11 is 0. The average molecular weight is 290 g/mol. The van der Waals surface area contributed by atoms with Gasteiger partial charge in [0.05, 0.1) is 5.69 Å². The van der Waals surface area contributed by atoms with Crippen LogP contribution in [0.1, 0.15) is 25.0 Å². The third-order valence-electron chi connectivity index (χ3n) is 4.43. The highest BCUT2D eigenvalue weighted by Gasteiger charge is 2.37. The van der Waals surface area contributed by atoms with Gasteiger partial charge in [0.2, 0.25) is 0 Å². The minimum atomic E-state index is 0.00460. The van der Waals surface area contributed by atoms with Crippen LogP contribution in [0.15, 0.2) is 65.3 Å². The molecule has 0 N–H and O–H groups in total. The zero-order chi connectivity index (χ0) is 15.7. The summed E-state index contributed by atoms with van der Waals surface area (Å²) in [6, 6.07) is 16.8. The summed E-state index contributed by atoms with van der Waals surface area (Å²) in [6.07, 6.45) is 4.03. The SMILES string of the molecule is Cc1ccc(N=C/C=C2\N(C)c3ccccc3C2(C)C)cc1. The third-order valence-corrected chi connectivity index (χ3v) is 4.43. The summed E-state index contributed by atoms with van der Waals surface area (Å²) in [4.78, 5) is 6.81. The van der Waals surface area contributed by atoms with Gasteiger partial charge in [-0.05, 0) is 36.8 Å². The van der Waals surface area contributed by atoms with E-state index in [2.05, 4.69) is 80.2 Å². The van der Waals surface area contributed by atoms with E-state index in [1.165, 1.54) is 22.5 Å². The molecule has 0 aliphatic carbocycles. The number of hydrogen-bond donors (Lipinski definition) is 0. The minimum absolute atomic E-state index is 0.00460. The van der Waals surface area contributed by atoms with Crippen LogP contribution in [0, 0.1) is 6.92 Å². The second kappa shape index (κ2) is 5.45. The topological polar surface area (TPSA) is 15.6 Å².